The van der Waals surface area contributed by atoms with Crippen LogP contribution in [0.1, 0.15) is 0 Å². The summed E-state index contributed by atoms with van der Waals surface area (Å²) in [7, 11) is -3.66. The van der Waals surface area contributed by atoms with E-state index in [0.717, 1.165) is 11.3 Å². The van der Waals surface area contributed by atoms with Gasteiger partial charge in [-0.3, -0.25) is 4.72 Å². The average molecular weight is 363 g/mol. The van der Waals surface area contributed by atoms with Crippen molar-refractivity contribution in [2.24, 2.45) is 5.73 Å². The van der Waals surface area contributed by atoms with Gasteiger partial charge in [0, 0.05) is 6.07 Å². The van der Waals surface area contributed by atoms with Crippen LogP contribution in [0, 0.1) is 0 Å². The molecule has 112 valence electrons. The fraction of sp³-hybridized carbons (Fsp3) is 0.0833. The highest BCUT2D eigenvalue weighted by Crippen LogP contribution is 2.28. The monoisotopic (exact) mass is 362 g/mol. The number of hydrogen-bond donors (Lipinski definition) is 2. The Kier molecular flexibility index (Phi) is 5.04. The maximum absolute atomic E-state index is 12.2. The van der Waals surface area contributed by atoms with Gasteiger partial charge in [-0.2, -0.15) is 0 Å². The number of anilines is 1. The minimum atomic E-state index is -3.66. The molecule has 5 nitrogen and oxygen atoms in total. The van der Waals surface area contributed by atoms with Crippen molar-refractivity contribution < 1.29 is 13.2 Å². The number of thiocarbonyl (C=S) groups is 1. The highest BCUT2D eigenvalue weighted by atomic mass is 35.5. The normalized spacial score (nSPS) is 11.1. The molecule has 0 amide bonds. The van der Waals surface area contributed by atoms with Gasteiger partial charge < -0.3 is 10.5 Å². The Balaban J connectivity index is 2.16. The molecule has 0 aliphatic heterocycles. The van der Waals surface area contributed by atoms with Crippen LogP contribution in [0.3, 0.4) is 0 Å². The van der Waals surface area contributed by atoms with Gasteiger partial charge in [-0.25, -0.2) is 8.42 Å². The third-order valence-electron chi connectivity index (χ3n) is 2.28. The first kappa shape index (κ1) is 16.0. The predicted molar refractivity (Wildman–Crippen MR) is 88.9 cm³/mol. The summed E-state index contributed by atoms with van der Waals surface area (Å²) in [5.74, 6) is 0.465. The SMILES string of the molecule is NC(=S)COc1cccc(NS(=O)(=O)c2ccc(Cl)s2)c1. The molecule has 0 aliphatic carbocycles. The molecule has 0 spiro atoms. The molecular formula is C12H11ClN2O3S3. The maximum atomic E-state index is 12.2. The first-order valence-corrected chi connectivity index (χ1v) is 8.75. The molecule has 0 bridgehead atoms. The lowest BCUT2D eigenvalue weighted by molar-refractivity contribution is 0.378. The lowest BCUT2D eigenvalue weighted by Crippen LogP contribution is -2.18. The number of nitrogens with one attached hydrogen (secondary N) is 1. The summed E-state index contributed by atoms with van der Waals surface area (Å²) >= 11 is 11.4. The fourth-order valence-electron chi connectivity index (χ4n) is 1.45. The van der Waals surface area contributed by atoms with Crippen LogP contribution in [-0.4, -0.2) is 20.0 Å². The zero-order valence-electron chi connectivity index (χ0n) is 10.6. The molecule has 0 unspecified atom stereocenters. The topological polar surface area (TPSA) is 81.4 Å². The Labute approximate surface area is 136 Å². The van der Waals surface area contributed by atoms with Crippen LogP contribution in [0.2, 0.25) is 4.34 Å². The molecule has 9 heteroatoms. The Morgan fingerprint density at radius 2 is 2.14 bits per heavy atom. The predicted octanol–water partition coefficient (Wildman–Crippen LogP) is 2.87. The Morgan fingerprint density at radius 1 is 1.38 bits per heavy atom. The minimum Gasteiger partial charge on any atom is -0.486 e. The highest BCUT2D eigenvalue weighted by molar-refractivity contribution is 7.94. The number of nitrogens with two attached hydrogens (primary N) is 1. The van der Waals surface area contributed by atoms with Crippen molar-refractivity contribution in [2.45, 2.75) is 4.21 Å². The summed E-state index contributed by atoms with van der Waals surface area (Å²) in [5.41, 5.74) is 5.72. The molecule has 0 radical (unpaired) electrons. The van der Waals surface area contributed by atoms with Crippen LogP contribution in [0.15, 0.2) is 40.6 Å². The van der Waals surface area contributed by atoms with E-state index in [0.29, 0.717) is 15.8 Å². The van der Waals surface area contributed by atoms with Crippen molar-refractivity contribution in [1.82, 2.24) is 0 Å². The molecular weight excluding hydrogens is 352 g/mol. The molecule has 0 atom stereocenters. The van der Waals surface area contributed by atoms with Crippen LogP contribution in [-0.2, 0) is 10.0 Å². The minimum absolute atomic E-state index is 0.0894. The quantitative estimate of drug-likeness (QED) is 0.772. The van der Waals surface area contributed by atoms with Gasteiger partial charge in [-0.05, 0) is 24.3 Å². The molecule has 3 N–H and O–H groups in total. The van der Waals surface area contributed by atoms with Gasteiger partial charge in [0.05, 0.1) is 10.0 Å². The van der Waals surface area contributed by atoms with E-state index in [2.05, 4.69) is 4.72 Å². The van der Waals surface area contributed by atoms with Crippen molar-refractivity contribution >= 4 is 55.9 Å². The Bertz CT molecular complexity index is 759. The zero-order chi connectivity index (χ0) is 15.5. The summed E-state index contributed by atoms with van der Waals surface area (Å²) in [6.07, 6.45) is 0. The van der Waals surface area contributed by atoms with E-state index >= 15 is 0 Å². The largest absolute Gasteiger partial charge is 0.486 e. The van der Waals surface area contributed by atoms with Gasteiger partial charge in [0.2, 0.25) is 0 Å². The molecule has 2 aromatic rings. The van der Waals surface area contributed by atoms with E-state index in [1.165, 1.54) is 12.1 Å². The van der Waals surface area contributed by atoms with E-state index in [9.17, 15) is 8.42 Å². The van der Waals surface area contributed by atoms with Crippen LogP contribution >= 0.6 is 35.2 Å². The molecule has 0 saturated carbocycles. The van der Waals surface area contributed by atoms with Crippen LogP contribution < -0.4 is 15.2 Å². The van der Waals surface area contributed by atoms with Crippen molar-refractivity contribution in [1.29, 1.82) is 0 Å². The van der Waals surface area contributed by atoms with Crippen molar-refractivity contribution in [3.8, 4) is 5.75 Å². The number of halogens is 1. The number of thiophene rings is 1. The second-order valence-electron chi connectivity index (χ2n) is 3.95. The standard InChI is InChI=1S/C12H11ClN2O3S3/c13-10-4-5-12(20-10)21(16,17)15-8-2-1-3-9(6-8)18-7-11(14)19/h1-6,15H,7H2,(H2,14,19). The van der Waals surface area contributed by atoms with E-state index in [1.807, 2.05) is 0 Å². The van der Waals surface area contributed by atoms with Gasteiger partial charge in [-0.15, -0.1) is 11.3 Å². The molecule has 0 saturated heterocycles. The number of hydrogen-bond acceptors (Lipinski definition) is 5. The van der Waals surface area contributed by atoms with Crippen molar-refractivity contribution in [2.75, 3.05) is 11.3 Å². The fourth-order valence-corrected chi connectivity index (χ4v) is 4.04. The first-order chi connectivity index (χ1) is 9.87. The highest BCUT2D eigenvalue weighted by Gasteiger charge is 2.16. The smallest absolute Gasteiger partial charge is 0.271 e. The van der Waals surface area contributed by atoms with Gasteiger partial charge >= 0.3 is 0 Å². The summed E-state index contributed by atoms with van der Waals surface area (Å²) in [5, 5.41) is 0. The third kappa shape index (κ3) is 4.57. The number of benzene rings is 1. The van der Waals surface area contributed by atoms with Crippen molar-refractivity contribution in [3.05, 3.63) is 40.7 Å². The molecule has 1 aromatic carbocycles. The number of rotatable bonds is 6. The summed E-state index contributed by atoms with van der Waals surface area (Å²) < 4.78 is 32.6. The Hall–Kier alpha value is -1.35. The Morgan fingerprint density at radius 3 is 2.76 bits per heavy atom. The maximum Gasteiger partial charge on any atom is 0.271 e. The molecule has 0 aliphatic rings. The molecule has 21 heavy (non-hydrogen) atoms. The second kappa shape index (κ2) is 6.61. The first-order valence-electron chi connectivity index (χ1n) is 5.66. The lowest BCUT2D eigenvalue weighted by Gasteiger charge is -2.09. The second-order valence-corrected chi connectivity index (χ2v) is 8.10. The van der Waals surface area contributed by atoms with Gasteiger partial charge in [-0.1, -0.05) is 29.9 Å². The molecule has 0 fully saturated rings. The van der Waals surface area contributed by atoms with Gasteiger partial charge in [0.25, 0.3) is 10.0 Å². The van der Waals surface area contributed by atoms with E-state index in [-0.39, 0.29) is 15.8 Å². The summed E-state index contributed by atoms with van der Waals surface area (Å²) in [6, 6.07) is 9.47. The van der Waals surface area contributed by atoms with Crippen molar-refractivity contribution in [3.63, 3.8) is 0 Å². The summed E-state index contributed by atoms with van der Waals surface area (Å²) in [6.45, 7) is 0.0894. The zero-order valence-corrected chi connectivity index (χ0v) is 13.8. The number of sulfonamides is 1. The number of ether oxygens (including phenoxy) is 1. The van der Waals surface area contributed by atoms with Crippen LogP contribution in [0.25, 0.3) is 0 Å². The summed E-state index contributed by atoms with van der Waals surface area (Å²) in [4.78, 5) is 0.217. The average Bonchev–Trinajstić information content (AvgIpc) is 2.84. The molecule has 2 rings (SSSR count). The van der Waals surface area contributed by atoms with Gasteiger partial charge in [0.1, 0.15) is 21.6 Å². The van der Waals surface area contributed by atoms with Crippen LogP contribution in [0.5, 0.6) is 5.75 Å². The van der Waals surface area contributed by atoms with Gasteiger partial charge in [0.15, 0.2) is 0 Å². The van der Waals surface area contributed by atoms with Crippen LogP contribution in [0.4, 0.5) is 5.69 Å². The van der Waals surface area contributed by atoms with E-state index < -0.39 is 10.0 Å². The molecule has 1 aromatic heterocycles. The van der Waals surface area contributed by atoms with E-state index in [1.54, 1.807) is 24.3 Å². The third-order valence-corrected chi connectivity index (χ3v) is 5.50. The lowest BCUT2D eigenvalue weighted by atomic mass is 10.3. The van der Waals surface area contributed by atoms with E-state index in [4.69, 9.17) is 34.3 Å². The molecule has 1 heterocycles.